The van der Waals surface area contributed by atoms with Crippen molar-refractivity contribution in [3.8, 4) is 32.9 Å². The van der Waals surface area contributed by atoms with Gasteiger partial charge in [0.25, 0.3) is 0 Å². The predicted molar refractivity (Wildman–Crippen MR) is 169 cm³/mol. The monoisotopic (exact) mass is 590 g/mol. The van der Waals surface area contributed by atoms with Crippen molar-refractivity contribution < 1.29 is 4.74 Å². The van der Waals surface area contributed by atoms with Crippen LogP contribution in [0.1, 0.15) is 52.7 Å². The molecule has 0 N–H and O–H groups in total. The van der Waals surface area contributed by atoms with Gasteiger partial charge in [-0.15, -0.1) is 0 Å². The average Bonchev–Trinajstić information content (AvgIpc) is 3.36. The Hall–Kier alpha value is -3.72. The molecule has 0 fully saturated rings. The summed E-state index contributed by atoms with van der Waals surface area (Å²) in [4.78, 5) is 9.81. The zero-order valence-corrected chi connectivity index (χ0v) is 25.7. The quantitative estimate of drug-likeness (QED) is 0.192. The van der Waals surface area contributed by atoms with Gasteiger partial charge in [-0.25, -0.2) is 0 Å². The first-order valence-electron chi connectivity index (χ1n) is 13.7. The molecule has 40 heavy (non-hydrogen) atoms. The van der Waals surface area contributed by atoms with Gasteiger partial charge in [0.1, 0.15) is 0 Å². The molecule has 2 heterocycles. The third-order valence-corrected chi connectivity index (χ3v) is 9.55. The van der Waals surface area contributed by atoms with Crippen molar-refractivity contribution in [1.82, 2.24) is 9.97 Å². The van der Waals surface area contributed by atoms with Crippen LogP contribution in [0.25, 0.3) is 41.9 Å². The Labute approximate surface area is 242 Å². The first kappa shape index (κ1) is 26.5. The molecule has 6 aromatic rings. The van der Waals surface area contributed by atoms with Crippen molar-refractivity contribution in [2.45, 2.75) is 52.4 Å². The molecular formula is C36H34N2OSe. The van der Waals surface area contributed by atoms with Crippen LogP contribution in [0.3, 0.4) is 0 Å². The molecule has 0 aliphatic rings. The summed E-state index contributed by atoms with van der Waals surface area (Å²) in [7, 11) is 0. The average molecular weight is 590 g/mol. The molecule has 0 bridgehead atoms. The van der Waals surface area contributed by atoms with E-state index in [0.717, 1.165) is 43.8 Å². The number of rotatable bonds is 4. The normalized spacial score (nSPS) is 12.2. The number of fused-ring (bicyclic) bond motifs is 2. The third-order valence-electron chi connectivity index (χ3n) is 7.27. The van der Waals surface area contributed by atoms with E-state index in [-0.39, 0.29) is 25.3 Å². The summed E-state index contributed by atoms with van der Waals surface area (Å²) in [6.07, 6.45) is 1.89. The van der Waals surface area contributed by atoms with Crippen molar-refractivity contribution in [2.75, 3.05) is 0 Å². The van der Waals surface area contributed by atoms with Crippen LogP contribution >= 0.6 is 0 Å². The number of para-hydroxylation sites is 1. The number of aromatic nitrogens is 2. The van der Waals surface area contributed by atoms with Crippen LogP contribution < -0.4 is 4.74 Å². The fraction of sp³-hybridized carbons (Fsp3) is 0.222. The second kappa shape index (κ2) is 10.0. The van der Waals surface area contributed by atoms with E-state index in [0.29, 0.717) is 0 Å². The van der Waals surface area contributed by atoms with Gasteiger partial charge in [0.05, 0.1) is 0 Å². The van der Waals surface area contributed by atoms with Crippen LogP contribution in [0.5, 0.6) is 11.5 Å². The van der Waals surface area contributed by atoms with Crippen LogP contribution in [0.15, 0.2) is 97.2 Å². The first-order valence-corrected chi connectivity index (χ1v) is 15.4. The number of pyridine rings is 1. The van der Waals surface area contributed by atoms with E-state index >= 15 is 0 Å². The summed E-state index contributed by atoms with van der Waals surface area (Å²) in [6.45, 7) is 13.5. The minimum atomic E-state index is -0.0516. The molecule has 0 saturated carbocycles. The number of nitrogens with zero attached hydrogens (tertiary/aromatic N) is 2. The van der Waals surface area contributed by atoms with Crippen LogP contribution in [0, 0.1) is 0 Å². The summed E-state index contributed by atoms with van der Waals surface area (Å²) in [6, 6.07) is 32.1. The first-order chi connectivity index (χ1) is 19.0. The SMILES string of the molecule is CC(C)(C)c1cc(Oc2cc(-c3nccc4ccccc34)cc(C(C)(C)C)c2)cc(-c2nc3ccccc3[se]2)c1. The molecule has 4 heteroatoms. The maximum absolute atomic E-state index is 6.73. The van der Waals surface area contributed by atoms with E-state index in [1.165, 1.54) is 20.8 Å². The minimum absolute atomic E-state index is 0.0293. The Kier molecular flexibility index (Phi) is 6.65. The van der Waals surface area contributed by atoms with E-state index in [2.05, 4.69) is 133 Å². The van der Waals surface area contributed by atoms with Gasteiger partial charge < -0.3 is 0 Å². The van der Waals surface area contributed by atoms with E-state index in [4.69, 9.17) is 14.7 Å². The molecule has 6 rings (SSSR count). The fourth-order valence-electron chi connectivity index (χ4n) is 4.92. The molecule has 0 amide bonds. The van der Waals surface area contributed by atoms with Crippen molar-refractivity contribution in [3.63, 3.8) is 0 Å². The molecule has 0 aliphatic heterocycles. The molecule has 200 valence electrons. The van der Waals surface area contributed by atoms with E-state index in [9.17, 15) is 0 Å². The van der Waals surface area contributed by atoms with Crippen molar-refractivity contribution >= 4 is 35.1 Å². The summed E-state index contributed by atoms with van der Waals surface area (Å²) in [5, 5.41) is 2.32. The van der Waals surface area contributed by atoms with Gasteiger partial charge in [0.15, 0.2) is 0 Å². The van der Waals surface area contributed by atoms with Crippen molar-refractivity contribution in [3.05, 3.63) is 108 Å². The van der Waals surface area contributed by atoms with Gasteiger partial charge in [-0.3, -0.25) is 0 Å². The van der Waals surface area contributed by atoms with E-state index < -0.39 is 0 Å². The molecule has 0 radical (unpaired) electrons. The third kappa shape index (κ3) is 5.34. The predicted octanol–water partition coefficient (Wildman–Crippen LogP) is 9.56. The number of ether oxygens (including phenoxy) is 1. The van der Waals surface area contributed by atoms with E-state index in [1.807, 2.05) is 6.20 Å². The molecule has 0 saturated heterocycles. The molecule has 0 aliphatic carbocycles. The Morgan fingerprint density at radius 1 is 0.650 bits per heavy atom. The van der Waals surface area contributed by atoms with Crippen LogP contribution in [0.2, 0.25) is 0 Å². The van der Waals surface area contributed by atoms with Crippen LogP contribution in [-0.4, -0.2) is 24.5 Å². The number of hydrogen-bond acceptors (Lipinski definition) is 3. The number of benzene rings is 4. The molecule has 4 aromatic carbocycles. The fourth-order valence-corrected chi connectivity index (χ4v) is 6.92. The molecule has 0 unspecified atom stereocenters. The second-order valence-electron chi connectivity index (χ2n) is 12.5. The van der Waals surface area contributed by atoms with Crippen LogP contribution in [-0.2, 0) is 10.8 Å². The Balaban J connectivity index is 1.48. The Morgan fingerprint density at radius 3 is 1.98 bits per heavy atom. The molecule has 2 aromatic heterocycles. The van der Waals surface area contributed by atoms with Gasteiger partial charge in [-0.05, 0) is 0 Å². The van der Waals surface area contributed by atoms with Gasteiger partial charge in [-0.1, -0.05) is 6.07 Å². The maximum atomic E-state index is 6.73. The zero-order valence-electron chi connectivity index (χ0n) is 23.9. The van der Waals surface area contributed by atoms with Crippen molar-refractivity contribution in [1.29, 1.82) is 0 Å². The summed E-state index contributed by atoms with van der Waals surface area (Å²) in [5.74, 6) is 1.65. The molecule has 0 spiro atoms. The Morgan fingerprint density at radius 2 is 1.27 bits per heavy atom. The number of hydrogen-bond donors (Lipinski definition) is 0. The summed E-state index contributed by atoms with van der Waals surface area (Å²) >= 11 is 0.170. The topological polar surface area (TPSA) is 35.0 Å². The van der Waals surface area contributed by atoms with Crippen molar-refractivity contribution in [2.24, 2.45) is 0 Å². The van der Waals surface area contributed by atoms with Crippen LogP contribution in [0.4, 0.5) is 0 Å². The molecule has 0 atom stereocenters. The van der Waals surface area contributed by atoms with Gasteiger partial charge >= 0.3 is 237 Å². The zero-order chi connectivity index (χ0) is 28.1. The van der Waals surface area contributed by atoms with Gasteiger partial charge in [0, 0.05) is 0 Å². The molecular weight excluding hydrogens is 555 g/mol. The Bertz CT molecular complexity index is 1820. The van der Waals surface area contributed by atoms with Gasteiger partial charge in [0.2, 0.25) is 0 Å². The van der Waals surface area contributed by atoms with Gasteiger partial charge in [-0.2, -0.15) is 0 Å². The second-order valence-corrected chi connectivity index (χ2v) is 14.6. The molecule has 3 nitrogen and oxygen atoms in total. The summed E-state index contributed by atoms with van der Waals surface area (Å²) < 4.78 is 9.20. The standard InChI is InChI=1S/C36H34N2OSe/c1-35(2,3)26-17-24(33-30-12-8-7-11-23(30)15-16-37-33)19-28(21-26)39-29-20-25(18-27(22-29)36(4,5)6)34-38-31-13-9-10-14-32(31)40-34/h7-22H,1-6H3. The van der Waals surface area contributed by atoms with E-state index in [1.54, 1.807) is 0 Å². The summed E-state index contributed by atoms with van der Waals surface area (Å²) in [5.41, 5.74) is 6.62.